The van der Waals surface area contributed by atoms with Crippen LogP contribution in [0.1, 0.15) is 46.0 Å². The molecule has 1 saturated carbocycles. The zero-order valence-electron chi connectivity index (χ0n) is 15.0. The van der Waals surface area contributed by atoms with E-state index in [9.17, 15) is 0 Å². The smallest absolute Gasteiger partial charge is 0.0105 e. The maximum atomic E-state index is 3.58. The van der Waals surface area contributed by atoms with Crippen LogP contribution in [0.5, 0.6) is 0 Å². The Morgan fingerprint density at radius 1 is 1.14 bits per heavy atom. The van der Waals surface area contributed by atoms with Crippen LogP contribution in [0.3, 0.4) is 0 Å². The zero-order valence-corrected chi connectivity index (χ0v) is 15.0. The summed E-state index contributed by atoms with van der Waals surface area (Å²) in [5.74, 6) is 1.75. The largest absolute Gasteiger partial charge is 0.317 e. The summed E-state index contributed by atoms with van der Waals surface area (Å²) in [6.45, 7) is 10.1. The Morgan fingerprint density at radius 2 is 1.81 bits per heavy atom. The molecule has 21 heavy (non-hydrogen) atoms. The van der Waals surface area contributed by atoms with E-state index >= 15 is 0 Å². The molecule has 0 radical (unpaired) electrons. The lowest BCUT2D eigenvalue weighted by Gasteiger charge is -2.44. The second-order valence-corrected chi connectivity index (χ2v) is 8.57. The lowest BCUT2D eigenvalue weighted by atomic mass is 9.69. The maximum absolute atomic E-state index is 3.58. The van der Waals surface area contributed by atoms with Gasteiger partial charge in [0.25, 0.3) is 0 Å². The van der Waals surface area contributed by atoms with Gasteiger partial charge in [0, 0.05) is 19.1 Å². The summed E-state index contributed by atoms with van der Waals surface area (Å²) in [6.07, 6.45) is 6.89. The van der Waals surface area contributed by atoms with Gasteiger partial charge in [0.05, 0.1) is 0 Å². The molecule has 0 spiro atoms. The first-order valence-corrected chi connectivity index (χ1v) is 8.94. The number of hydrogen-bond acceptors (Lipinski definition) is 3. The number of rotatable bonds is 5. The van der Waals surface area contributed by atoms with Gasteiger partial charge in [-0.3, -0.25) is 0 Å². The molecule has 2 rings (SSSR count). The average molecular weight is 296 g/mol. The van der Waals surface area contributed by atoms with Gasteiger partial charge in [-0.15, -0.1) is 0 Å². The van der Waals surface area contributed by atoms with Crippen molar-refractivity contribution >= 4 is 0 Å². The molecule has 0 bridgehead atoms. The van der Waals surface area contributed by atoms with Gasteiger partial charge in [-0.25, -0.2) is 0 Å². The minimum absolute atomic E-state index is 0.543. The van der Waals surface area contributed by atoms with Crippen LogP contribution in [-0.2, 0) is 0 Å². The van der Waals surface area contributed by atoms with Crippen molar-refractivity contribution in [1.82, 2.24) is 15.1 Å². The maximum Gasteiger partial charge on any atom is 0.0105 e. The summed E-state index contributed by atoms with van der Waals surface area (Å²) in [5, 5.41) is 3.58. The number of hydrogen-bond donors (Lipinski definition) is 1. The summed E-state index contributed by atoms with van der Waals surface area (Å²) < 4.78 is 0. The van der Waals surface area contributed by atoms with E-state index in [4.69, 9.17) is 0 Å². The summed E-state index contributed by atoms with van der Waals surface area (Å²) in [4.78, 5) is 5.09. The Balaban J connectivity index is 1.81. The van der Waals surface area contributed by atoms with Gasteiger partial charge in [-0.05, 0) is 83.6 Å². The van der Waals surface area contributed by atoms with Gasteiger partial charge in [0.1, 0.15) is 0 Å². The summed E-state index contributed by atoms with van der Waals surface area (Å²) in [5.41, 5.74) is 0.543. The first kappa shape index (κ1) is 17.2. The Hall–Kier alpha value is -0.120. The Bertz CT molecular complexity index is 306. The van der Waals surface area contributed by atoms with Crippen LogP contribution in [-0.4, -0.2) is 63.2 Å². The van der Waals surface area contributed by atoms with Gasteiger partial charge in [0.2, 0.25) is 0 Å². The second kappa shape index (κ2) is 7.43. The first-order valence-electron chi connectivity index (χ1n) is 8.94. The van der Waals surface area contributed by atoms with Crippen LogP contribution in [0, 0.1) is 17.3 Å². The molecule has 2 aliphatic rings. The molecule has 2 fully saturated rings. The fourth-order valence-electron chi connectivity index (χ4n) is 4.51. The Labute approximate surface area is 132 Å². The van der Waals surface area contributed by atoms with Crippen molar-refractivity contribution < 1.29 is 0 Å². The topological polar surface area (TPSA) is 18.5 Å². The number of piperidine rings is 1. The summed E-state index contributed by atoms with van der Waals surface area (Å²) in [7, 11) is 6.56. The molecule has 3 nitrogen and oxygen atoms in total. The highest BCUT2D eigenvalue weighted by Gasteiger charge is 2.35. The number of nitrogens with zero attached hydrogens (tertiary/aromatic N) is 2. The first-order chi connectivity index (χ1) is 9.89. The summed E-state index contributed by atoms with van der Waals surface area (Å²) >= 11 is 0. The molecule has 1 saturated heterocycles. The van der Waals surface area contributed by atoms with Gasteiger partial charge >= 0.3 is 0 Å². The normalized spacial score (nSPS) is 31.7. The summed E-state index contributed by atoms with van der Waals surface area (Å²) in [6, 6.07) is 0.734. The van der Waals surface area contributed by atoms with Crippen molar-refractivity contribution in [2.45, 2.75) is 52.0 Å². The van der Waals surface area contributed by atoms with E-state index in [0.29, 0.717) is 5.41 Å². The fraction of sp³-hybridized carbons (Fsp3) is 1.00. The van der Waals surface area contributed by atoms with E-state index < -0.39 is 0 Å². The predicted molar refractivity (Wildman–Crippen MR) is 91.7 cm³/mol. The highest BCUT2D eigenvalue weighted by atomic mass is 15.1. The minimum Gasteiger partial charge on any atom is -0.317 e. The predicted octanol–water partition coefficient (Wildman–Crippen LogP) is 2.67. The molecule has 0 amide bonds. The standard InChI is InChI=1S/C18H37N3/c1-18(2)9-6-17(19-3)16(12-18)14-21-10-7-15(8-11-21)13-20(4)5/h15-17,19H,6-14H2,1-5H3. The van der Waals surface area contributed by atoms with Gasteiger partial charge in [-0.2, -0.15) is 0 Å². The number of likely N-dealkylation sites (tertiary alicyclic amines) is 1. The van der Waals surface area contributed by atoms with Crippen LogP contribution in [0.25, 0.3) is 0 Å². The van der Waals surface area contributed by atoms with Crippen molar-refractivity contribution in [3.8, 4) is 0 Å². The van der Waals surface area contributed by atoms with Crippen molar-refractivity contribution in [2.24, 2.45) is 17.3 Å². The lowest BCUT2D eigenvalue weighted by molar-refractivity contribution is 0.0821. The molecule has 0 aromatic heterocycles. The minimum atomic E-state index is 0.543. The van der Waals surface area contributed by atoms with Gasteiger partial charge < -0.3 is 15.1 Å². The number of nitrogens with one attached hydrogen (secondary N) is 1. The molecular weight excluding hydrogens is 258 g/mol. The fourth-order valence-corrected chi connectivity index (χ4v) is 4.51. The Kier molecular flexibility index (Phi) is 6.10. The van der Waals surface area contributed by atoms with Crippen molar-refractivity contribution in [2.75, 3.05) is 47.3 Å². The molecule has 2 atom stereocenters. The van der Waals surface area contributed by atoms with Crippen molar-refractivity contribution in [3.63, 3.8) is 0 Å². The van der Waals surface area contributed by atoms with E-state index in [-0.39, 0.29) is 0 Å². The van der Waals surface area contributed by atoms with Crippen LogP contribution < -0.4 is 5.32 Å². The van der Waals surface area contributed by atoms with E-state index in [1.807, 2.05) is 0 Å². The van der Waals surface area contributed by atoms with Crippen LogP contribution >= 0.6 is 0 Å². The lowest BCUT2D eigenvalue weighted by Crippen LogP contribution is -2.48. The van der Waals surface area contributed by atoms with E-state index in [1.165, 1.54) is 58.3 Å². The van der Waals surface area contributed by atoms with E-state index in [0.717, 1.165) is 17.9 Å². The molecular formula is C18H37N3. The van der Waals surface area contributed by atoms with Crippen molar-refractivity contribution in [1.29, 1.82) is 0 Å². The van der Waals surface area contributed by atoms with Crippen molar-refractivity contribution in [3.05, 3.63) is 0 Å². The van der Waals surface area contributed by atoms with Crippen LogP contribution in [0.15, 0.2) is 0 Å². The van der Waals surface area contributed by atoms with Gasteiger partial charge in [-0.1, -0.05) is 13.8 Å². The van der Waals surface area contributed by atoms with Crippen LogP contribution in [0.4, 0.5) is 0 Å². The van der Waals surface area contributed by atoms with Crippen LogP contribution in [0.2, 0.25) is 0 Å². The molecule has 0 aromatic rings. The third-order valence-electron chi connectivity index (χ3n) is 5.71. The third-order valence-corrected chi connectivity index (χ3v) is 5.71. The molecule has 1 N–H and O–H groups in total. The van der Waals surface area contributed by atoms with E-state index in [2.05, 4.69) is 50.1 Å². The molecule has 1 heterocycles. The molecule has 0 aromatic carbocycles. The molecule has 1 aliphatic heterocycles. The van der Waals surface area contributed by atoms with E-state index in [1.54, 1.807) is 0 Å². The third kappa shape index (κ3) is 5.22. The second-order valence-electron chi connectivity index (χ2n) is 8.57. The molecule has 2 unspecified atom stereocenters. The highest BCUT2D eigenvalue weighted by molar-refractivity contribution is 4.90. The SMILES string of the molecule is CNC1CCC(C)(C)CC1CN1CCC(CN(C)C)CC1. The molecule has 1 aliphatic carbocycles. The molecule has 124 valence electrons. The quantitative estimate of drug-likeness (QED) is 0.841. The average Bonchev–Trinajstić information content (AvgIpc) is 2.40. The zero-order chi connectivity index (χ0) is 15.5. The monoisotopic (exact) mass is 295 g/mol. The Morgan fingerprint density at radius 3 is 2.38 bits per heavy atom. The molecule has 3 heteroatoms. The van der Waals surface area contributed by atoms with Gasteiger partial charge in [0.15, 0.2) is 0 Å². The highest BCUT2D eigenvalue weighted by Crippen LogP contribution is 2.39.